The van der Waals surface area contributed by atoms with Gasteiger partial charge in [-0.15, -0.1) is 0 Å². The van der Waals surface area contributed by atoms with Crippen molar-refractivity contribution >= 4 is 23.5 Å². The lowest BCUT2D eigenvalue weighted by molar-refractivity contribution is -0.145. The molecule has 5 unspecified atom stereocenters. The van der Waals surface area contributed by atoms with Gasteiger partial charge in [0.2, 0.25) is 11.8 Å². The predicted octanol–water partition coefficient (Wildman–Crippen LogP) is 5.29. The summed E-state index contributed by atoms with van der Waals surface area (Å²) in [5.74, 6) is -0.288. The molecule has 3 fully saturated rings. The number of carboxylic acids is 1. The van der Waals surface area contributed by atoms with Gasteiger partial charge in [0.15, 0.2) is 0 Å². The Bertz CT molecular complexity index is 1160. The van der Waals surface area contributed by atoms with Gasteiger partial charge in [-0.05, 0) is 61.6 Å². The topological polar surface area (TPSA) is 77.9 Å². The molecule has 36 heavy (non-hydrogen) atoms. The Hall–Kier alpha value is -3.15. The monoisotopic (exact) mass is 486 g/mol. The SMILES string of the molecule is O=C(O)CCC(=O)N(C1CCC1)C1c2ccccc2N(C(=O)C2CC2c2ccccc2)C2CCCC21. The summed E-state index contributed by atoms with van der Waals surface area (Å²) in [6.07, 6.45) is 6.80. The second-order valence-corrected chi connectivity index (χ2v) is 11.0. The molecule has 6 heteroatoms. The fraction of sp³-hybridized carbons (Fsp3) is 0.500. The molecule has 2 amide bonds. The van der Waals surface area contributed by atoms with Crippen LogP contribution in [0.2, 0.25) is 0 Å². The number of fused-ring (bicyclic) bond motifs is 2. The number of carboxylic acid groups (broad SMARTS) is 1. The number of hydrogen-bond donors (Lipinski definition) is 1. The molecule has 0 aromatic heterocycles. The van der Waals surface area contributed by atoms with Crippen LogP contribution in [-0.4, -0.2) is 39.9 Å². The third-order valence-electron chi connectivity index (χ3n) is 8.96. The van der Waals surface area contributed by atoms with E-state index >= 15 is 0 Å². The lowest BCUT2D eigenvalue weighted by Crippen LogP contribution is -2.56. The number of para-hydroxylation sites is 1. The number of nitrogens with zero attached hydrogens (tertiary/aromatic N) is 2. The highest BCUT2D eigenvalue weighted by Gasteiger charge is 2.54. The van der Waals surface area contributed by atoms with Gasteiger partial charge >= 0.3 is 5.97 Å². The smallest absolute Gasteiger partial charge is 0.303 e. The standard InChI is InChI=1S/C30H34N2O4/c33-27(16-17-28(34)35)31(20-10-6-11-20)29-21-12-4-5-14-25(21)32(26-15-7-13-22(26)29)30(36)24-18-23(24)19-8-2-1-3-9-19/h1-5,8-9,12,14,20,22-24,26,29H,6-7,10-11,13,15-18H2,(H,34,35). The predicted molar refractivity (Wildman–Crippen MR) is 136 cm³/mol. The molecule has 3 aliphatic carbocycles. The first kappa shape index (κ1) is 23.3. The van der Waals surface area contributed by atoms with E-state index < -0.39 is 5.97 Å². The van der Waals surface area contributed by atoms with Crippen LogP contribution < -0.4 is 4.90 Å². The summed E-state index contributed by atoms with van der Waals surface area (Å²) in [6, 6.07) is 18.6. The molecular weight excluding hydrogens is 452 g/mol. The van der Waals surface area contributed by atoms with Crippen LogP contribution >= 0.6 is 0 Å². The molecule has 2 aromatic carbocycles. The van der Waals surface area contributed by atoms with Gasteiger partial charge in [-0.1, -0.05) is 55.0 Å². The van der Waals surface area contributed by atoms with Crippen molar-refractivity contribution in [3.05, 3.63) is 65.7 Å². The first-order valence-corrected chi connectivity index (χ1v) is 13.5. The van der Waals surface area contributed by atoms with Crippen molar-refractivity contribution in [1.29, 1.82) is 0 Å². The Labute approximate surface area is 212 Å². The van der Waals surface area contributed by atoms with Gasteiger partial charge in [0, 0.05) is 36.0 Å². The van der Waals surface area contributed by atoms with Crippen LogP contribution in [0.3, 0.4) is 0 Å². The summed E-state index contributed by atoms with van der Waals surface area (Å²) >= 11 is 0. The summed E-state index contributed by atoms with van der Waals surface area (Å²) in [7, 11) is 0. The van der Waals surface area contributed by atoms with Crippen molar-refractivity contribution in [1.82, 2.24) is 4.90 Å². The summed E-state index contributed by atoms with van der Waals surface area (Å²) in [5.41, 5.74) is 3.24. The summed E-state index contributed by atoms with van der Waals surface area (Å²) in [4.78, 5) is 42.9. The Morgan fingerprint density at radius 3 is 2.33 bits per heavy atom. The molecular formula is C30H34N2O4. The normalized spacial score (nSPS) is 28.6. The zero-order chi connectivity index (χ0) is 24.8. The lowest BCUT2D eigenvalue weighted by Gasteiger charge is -2.51. The summed E-state index contributed by atoms with van der Waals surface area (Å²) in [5, 5.41) is 9.21. The molecule has 1 aliphatic heterocycles. The quantitative estimate of drug-likeness (QED) is 0.577. The number of amides is 2. The van der Waals surface area contributed by atoms with E-state index in [0.29, 0.717) is 0 Å². The summed E-state index contributed by atoms with van der Waals surface area (Å²) in [6.45, 7) is 0. The first-order valence-electron chi connectivity index (χ1n) is 13.5. The van der Waals surface area contributed by atoms with E-state index in [1.54, 1.807) is 0 Å². The highest BCUT2D eigenvalue weighted by Crippen LogP contribution is 2.55. The zero-order valence-electron chi connectivity index (χ0n) is 20.6. The van der Waals surface area contributed by atoms with Crippen LogP contribution in [-0.2, 0) is 14.4 Å². The van der Waals surface area contributed by atoms with Gasteiger partial charge in [0.05, 0.1) is 12.5 Å². The van der Waals surface area contributed by atoms with Crippen LogP contribution in [0.5, 0.6) is 0 Å². The average molecular weight is 487 g/mol. The maximum absolute atomic E-state index is 14.0. The van der Waals surface area contributed by atoms with E-state index in [-0.39, 0.29) is 60.5 Å². The average Bonchev–Trinajstić information content (AvgIpc) is 3.53. The molecule has 0 saturated heterocycles. The van der Waals surface area contributed by atoms with Crippen molar-refractivity contribution in [2.45, 2.75) is 81.8 Å². The Balaban J connectivity index is 1.34. The second kappa shape index (κ2) is 9.38. The van der Waals surface area contributed by atoms with Gasteiger partial charge < -0.3 is 14.9 Å². The van der Waals surface area contributed by atoms with Crippen LogP contribution in [0.4, 0.5) is 5.69 Å². The molecule has 5 atom stereocenters. The number of hydrogen-bond acceptors (Lipinski definition) is 3. The minimum absolute atomic E-state index is 0.0122. The minimum Gasteiger partial charge on any atom is -0.481 e. The second-order valence-electron chi connectivity index (χ2n) is 11.0. The number of benzene rings is 2. The van der Waals surface area contributed by atoms with Crippen molar-refractivity contribution in [2.24, 2.45) is 11.8 Å². The van der Waals surface area contributed by atoms with Crippen LogP contribution in [0, 0.1) is 11.8 Å². The third-order valence-corrected chi connectivity index (χ3v) is 8.96. The van der Waals surface area contributed by atoms with E-state index in [4.69, 9.17) is 0 Å². The van der Waals surface area contributed by atoms with Gasteiger partial charge in [-0.2, -0.15) is 0 Å². The van der Waals surface area contributed by atoms with Crippen molar-refractivity contribution in [3.8, 4) is 0 Å². The van der Waals surface area contributed by atoms with Gasteiger partial charge in [-0.25, -0.2) is 0 Å². The van der Waals surface area contributed by atoms with Crippen LogP contribution in [0.15, 0.2) is 54.6 Å². The van der Waals surface area contributed by atoms with E-state index in [1.807, 2.05) is 35.2 Å². The largest absolute Gasteiger partial charge is 0.481 e. The third kappa shape index (κ3) is 4.00. The molecule has 0 spiro atoms. The minimum atomic E-state index is -0.936. The highest BCUT2D eigenvalue weighted by molar-refractivity contribution is 5.99. The van der Waals surface area contributed by atoms with E-state index in [1.165, 1.54) is 5.56 Å². The van der Waals surface area contributed by atoms with Crippen molar-refractivity contribution in [3.63, 3.8) is 0 Å². The van der Waals surface area contributed by atoms with Gasteiger partial charge in [0.1, 0.15) is 0 Å². The fourth-order valence-corrected chi connectivity index (χ4v) is 6.97. The molecule has 0 radical (unpaired) electrons. The molecule has 6 nitrogen and oxygen atoms in total. The maximum Gasteiger partial charge on any atom is 0.303 e. The van der Waals surface area contributed by atoms with E-state index in [0.717, 1.165) is 56.2 Å². The molecule has 0 bridgehead atoms. The lowest BCUT2D eigenvalue weighted by atomic mass is 9.78. The van der Waals surface area contributed by atoms with Gasteiger partial charge in [0.25, 0.3) is 0 Å². The molecule has 4 aliphatic rings. The number of carbonyl (C=O) groups excluding carboxylic acids is 2. The first-order chi connectivity index (χ1) is 17.5. The van der Waals surface area contributed by atoms with E-state index in [2.05, 4.69) is 29.2 Å². The Morgan fingerprint density at radius 2 is 1.61 bits per heavy atom. The highest BCUT2D eigenvalue weighted by atomic mass is 16.4. The fourth-order valence-electron chi connectivity index (χ4n) is 6.97. The molecule has 3 saturated carbocycles. The number of carbonyl (C=O) groups is 3. The Kier molecular flexibility index (Phi) is 6.06. The molecule has 1 N–H and O–H groups in total. The molecule has 1 heterocycles. The molecule has 2 aromatic rings. The van der Waals surface area contributed by atoms with Crippen LogP contribution in [0.1, 0.15) is 80.9 Å². The molecule has 6 rings (SSSR count). The maximum atomic E-state index is 14.0. The number of rotatable bonds is 7. The zero-order valence-corrected chi connectivity index (χ0v) is 20.6. The van der Waals surface area contributed by atoms with Crippen LogP contribution in [0.25, 0.3) is 0 Å². The van der Waals surface area contributed by atoms with Gasteiger partial charge in [-0.3, -0.25) is 14.4 Å². The van der Waals surface area contributed by atoms with Crippen molar-refractivity contribution < 1.29 is 19.5 Å². The molecule has 188 valence electrons. The summed E-state index contributed by atoms with van der Waals surface area (Å²) < 4.78 is 0. The number of aliphatic carboxylic acids is 1. The van der Waals surface area contributed by atoms with Crippen molar-refractivity contribution in [2.75, 3.05) is 4.90 Å². The Morgan fingerprint density at radius 1 is 0.889 bits per heavy atom. The number of anilines is 1. The van der Waals surface area contributed by atoms with E-state index in [9.17, 15) is 19.5 Å².